The zero-order valence-electron chi connectivity index (χ0n) is 13.6. The van der Waals surface area contributed by atoms with E-state index < -0.39 is 0 Å². The molecule has 0 fully saturated rings. The molecule has 0 aromatic heterocycles. The van der Waals surface area contributed by atoms with E-state index in [1.165, 1.54) is 5.56 Å². The van der Waals surface area contributed by atoms with Crippen molar-refractivity contribution in [2.75, 3.05) is 13.2 Å². The Labute approximate surface area is 133 Å². The van der Waals surface area contributed by atoms with Gasteiger partial charge >= 0.3 is 0 Å². The van der Waals surface area contributed by atoms with E-state index in [0.29, 0.717) is 13.2 Å². The summed E-state index contributed by atoms with van der Waals surface area (Å²) in [5, 5.41) is 0. The molecule has 1 atom stereocenters. The Morgan fingerprint density at radius 1 is 0.818 bits per heavy atom. The molecule has 0 aliphatic carbocycles. The molecule has 0 bridgehead atoms. The fourth-order valence-corrected chi connectivity index (χ4v) is 2.41. The van der Waals surface area contributed by atoms with Gasteiger partial charge in [0.1, 0.15) is 0 Å². The lowest BCUT2D eigenvalue weighted by Gasteiger charge is -2.17. The van der Waals surface area contributed by atoms with Gasteiger partial charge < -0.3 is 15.2 Å². The van der Waals surface area contributed by atoms with Crippen molar-refractivity contribution in [2.45, 2.75) is 33.2 Å². The third-order valence-electron chi connectivity index (χ3n) is 3.67. The highest BCUT2D eigenvalue weighted by Crippen LogP contribution is 2.32. The third kappa shape index (κ3) is 3.80. The summed E-state index contributed by atoms with van der Waals surface area (Å²) in [5.41, 5.74) is 9.84. The molecule has 0 heterocycles. The van der Waals surface area contributed by atoms with Gasteiger partial charge in [-0.3, -0.25) is 0 Å². The Morgan fingerprint density at radius 3 is 2.00 bits per heavy atom. The number of hydrogen-bond acceptors (Lipinski definition) is 3. The van der Waals surface area contributed by atoms with Gasteiger partial charge in [0.25, 0.3) is 0 Å². The average molecular weight is 299 g/mol. The Balaban J connectivity index is 2.27. The van der Waals surface area contributed by atoms with E-state index in [-0.39, 0.29) is 6.04 Å². The molecule has 0 amide bonds. The minimum absolute atomic E-state index is 0.166. The van der Waals surface area contributed by atoms with Crippen LogP contribution in [0.25, 0.3) is 0 Å². The van der Waals surface area contributed by atoms with Crippen molar-refractivity contribution < 1.29 is 9.47 Å². The topological polar surface area (TPSA) is 44.5 Å². The summed E-state index contributed by atoms with van der Waals surface area (Å²) in [7, 11) is 0. The molecule has 3 heteroatoms. The predicted octanol–water partition coefficient (Wildman–Crippen LogP) is 4.09. The van der Waals surface area contributed by atoms with Crippen molar-refractivity contribution in [3.63, 3.8) is 0 Å². The number of nitrogens with two attached hydrogens (primary N) is 1. The van der Waals surface area contributed by atoms with E-state index >= 15 is 0 Å². The van der Waals surface area contributed by atoms with Crippen LogP contribution < -0.4 is 15.2 Å². The van der Waals surface area contributed by atoms with Crippen LogP contribution in [0.5, 0.6) is 11.5 Å². The smallest absolute Gasteiger partial charge is 0.161 e. The lowest BCUT2D eigenvalue weighted by Crippen LogP contribution is -2.12. The summed E-state index contributed by atoms with van der Waals surface area (Å²) in [4.78, 5) is 0. The quantitative estimate of drug-likeness (QED) is 0.837. The van der Waals surface area contributed by atoms with E-state index in [9.17, 15) is 0 Å². The van der Waals surface area contributed by atoms with Gasteiger partial charge in [-0.2, -0.15) is 0 Å². The Hall–Kier alpha value is -2.00. The van der Waals surface area contributed by atoms with E-state index in [0.717, 1.165) is 29.0 Å². The van der Waals surface area contributed by atoms with Gasteiger partial charge in [-0.1, -0.05) is 37.3 Å². The molecule has 118 valence electrons. The SMILES string of the molecule is CCOc1ccc(C(N)c2ccc(CC)cc2)cc1OCC. The maximum atomic E-state index is 6.40. The molecule has 0 spiro atoms. The number of rotatable bonds is 7. The van der Waals surface area contributed by atoms with Crippen molar-refractivity contribution in [1.82, 2.24) is 0 Å². The van der Waals surface area contributed by atoms with Crippen LogP contribution in [0.15, 0.2) is 42.5 Å². The van der Waals surface area contributed by atoms with Crippen LogP contribution in [0.1, 0.15) is 43.5 Å². The fourth-order valence-electron chi connectivity index (χ4n) is 2.41. The summed E-state index contributed by atoms with van der Waals surface area (Å²) in [6, 6.07) is 14.2. The normalized spacial score (nSPS) is 12.0. The second-order valence-electron chi connectivity index (χ2n) is 5.15. The minimum atomic E-state index is -0.166. The first kappa shape index (κ1) is 16.4. The van der Waals surface area contributed by atoms with E-state index in [1.807, 2.05) is 32.0 Å². The van der Waals surface area contributed by atoms with Gasteiger partial charge in [0.15, 0.2) is 11.5 Å². The first-order valence-electron chi connectivity index (χ1n) is 7.93. The fraction of sp³-hybridized carbons (Fsp3) is 0.368. The maximum Gasteiger partial charge on any atom is 0.161 e. The van der Waals surface area contributed by atoms with Crippen LogP contribution in [0.2, 0.25) is 0 Å². The molecule has 0 radical (unpaired) electrons. The Kier molecular flexibility index (Phi) is 5.84. The van der Waals surface area contributed by atoms with Gasteiger partial charge in [0.05, 0.1) is 19.3 Å². The maximum absolute atomic E-state index is 6.40. The molecule has 3 nitrogen and oxygen atoms in total. The minimum Gasteiger partial charge on any atom is -0.490 e. The summed E-state index contributed by atoms with van der Waals surface area (Å²) in [6.07, 6.45) is 1.03. The molecular weight excluding hydrogens is 274 g/mol. The van der Waals surface area contributed by atoms with Gasteiger partial charge in [0.2, 0.25) is 0 Å². The van der Waals surface area contributed by atoms with E-state index in [4.69, 9.17) is 15.2 Å². The molecule has 2 rings (SSSR count). The van der Waals surface area contributed by atoms with Crippen LogP contribution in [0.3, 0.4) is 0 Å². The molecule has 22 heavy (non-hydrogen) atoms. The largest absolute Gasteiger partial charge is 0.490 e. The number of benzene rings is 2. The summed E-state index contributed by atoms with van der Waals surface area (Å²) < 4.78 is 11.3. The third-order valence-corrected chi connectivity index (χ3v) is 3.67. The van der Waals surface area contributed by atoms with Crippen LogP contribution >= 0.6 is 0 Å². The van der Waals surface area contributed by atoms with Crippen LogP contribution in [0.4, 0.5) is 0 Å². The molecule has 1 unspecified atom stereocenters. The second kappa shape index (κ2) is 7.85. The van der Waals surface area contributed by atoms with Crippen LogP contribution in [-0.2, 0) is 6.42 Å². The van der Waals surface area contributed by atoms with Crippen LogP contribution in [0, 0.1) is 0 Å². The first-order valence-corrected chi connectivity index (χ1v) is 7.93. The zero-order valence-corrected chi connectivity index (χ0v) is 13.6. The molecule has 0 aliphatic rings. The molecule has 0 saturated heterocycles. The molecular formula is C19H25NO2. The standard InChI is InChI=1S/C19H25NO2/c1-4-14-7-9-15(10-8-14)19(20)16-11-12-17(21-5-2)18(13-16)22-6-3/h7-13,19H,4-6,20H2,1-3H3. The van der Waals surface area contributed by atoms with Gasteiger partial charge in [-0.25, -0.2) is 0 Å². The van der Waals surface area contributed by atoms with Gasteiger partial charge in [-0.15, -0.1) is 0 Å². The van der Waals surface area contributed by atoms with Crippen molar-refractivity contribution >= 4 is 0 Å². The summed E-state index contributed by atoms with van der Waals surface area (Å²) >= 11 is 0. The highest BCUT2D eigenvalue weighted by atomic mass is 16.5. The monoisotopic (exact) mass is 299 g/mol. The van der Waals surface area contributed by atoms with Crippen molar-refractivity contribution in [3.05, 3.63) is 59.2 Å². The van der Waals surface area contributed by atoms with E-state index in [2.05, 4.69) is 31.2 Å². The predicted molar refractivity (Wildman–Crippen MR) is 90.6 cm³/mol. The number of hydrogen-bond donors (Lipinski definition) is 1. The van der Waals surface area contributed by atoms with E-state index in [1.54, 1.807) is 0 Å². The zero-order chi connectivity index (χ0) is 15.9. The van der Waals surface area contributed by atoms with Gasteiger partial charge in [0, 0.05) is 0 Å². The second-order valence-corrected chi connectivity index (χ2v) is 5.15. The number of ether oxygens (including phenoxy) is 2. The summed E-state index contributed by atoms with van der Waals surface area (Å²) in [5.74, 6) is 1.52. The van der Waals surface area contributed by atoms with Gasteiger partial charge in [-0.05, 0) is 49.1 Å². The lowest BCUT2D eigenvalue weighted by atomic mass is 9.98. The lowest BCUT2D eigenvalue weighted by molar-refractivity contribution is 0.287. The molecule has 2 aromatic rings. The molecule has 2 aromatic carbocycles. The van der Waals surface area contributed by atoms with Crippen molar-refractivity contribution in [3.8, 4) is 11.5 Å². The summed E-state index contributed by atoms with van der Waals surface area (Å²) in [6.45, 7) is 7.29. The van der Waals surface area contributed by atoms with Crippen molar-refractivity contribution in [1.29, 1.82) is 0 Å². The average Bonchev–Trinajstić information content (AvgIpc) is 2.56. The van der Waals surface area contributed by atoms with Crippen LogP contribution in [-0.4, -0.2) is 13.2 Å². The highest BCUT2D eigenvalue weighted by molar-refractivity contribution is 5.46. The highest BCUT2D eigenvalue weighted by Gasteiger charge is 2.13. The first-order chi connectivity index (χ1) is 10.7. The Bertz CT molecular complexity index is 593. The molecule has 2 N–H and O–H groups in total. The number of aryl methyl sites for hydroxylation is 1. The molecule has 0 saturated carbocycles. The molecule has 0 aliphatic heterocycles. The van der Waals surface area contributed by atoms with Crippen molar-refractivity contribution in [2.24, 2.45) is 5.73 Å². The Morgan fingerprint density at radius 2 is 1.41 bits per heavy atom.